The van der Waals surface area contributed by atoms with E-state index in [9.17, 15) is 19.2 Å². The first-order valence-electron chi connectivity index (χ1n) is 6.92. The van der Waals surface area contributed by atoms with Crippen LogP contribution >= 0.6 is 0 Å². The first-order valence-corrected chi connectivity index (χ1v) is 6.92. The van der Waals surface area contributed by atoms with Crippen molar-refractivity contribution in [1.82, 2.24) is 0 Å². The number of hydrogen-bond acceptors (Lipinski definition) is 6. The van der Waals surface area contributed by atoms with Crippen LogP contribution in [0.15, 0.2) is 36.4 Å². The van der Waals surface area contributed by atoms with Crippen molar-refractivity contribution in [2.75, 3.05) is 14.2 Å². The second-order valence-corrected chi connectivity index (χ2v) is 4.75. The molecule has 0 bridgehead atoms. The van der Waals surface area contributed by atoms with E-state index < -0.39 is 11.9 Å². The third kappa shape index (κ3) is 2.94. The maximum absolute atomic E-state index is 11.8. The number of esters is 2. The van der Waals surface area contributed by atoms with Crippen molar-refractivity contribution < 1.29 is 28.7 Å². The van der Waals surface area contributed by atoms with Crippen LogP contribution in [0.4, 0.5) is 0 Å². The van der Waals surface area contributed by atoms with Crippen molar-refractivity contribution in [1.29, 1.82) is 0 Å². The highest BCUT2D eigenvalue weighted by molar-refractivity contribution is 6.07. The van der Waals surface area contributed by atoms with Crippen LogP contribution in [-0.4, -0.2) is 38.7 Å². The zero-order chi connectivity index (χ0) is 17.7. The fourth-order valence-electron chi connectivity index (χ4n) is 2.43. The molecule has 0 saturated carbocycles. The second kappa shape index (κ2) is 7.32. The molecule has 24 heavy (non-hydrogen) atoms. The topological polar surface area (TPSA) is 86.7 Å². The Hall–Kier alpha value is -3.28. The Morgan fingerprint density at radius 1 is 0.750 bits per heavy atom. The highest BCUT2D eigenvalue weighted by Crippen LogP contribution is 2.30. The zero-order valence-corrected chi connectivity index (χ0v) is 13.1. The van der Waals surface area contributed by atoms with Crippen molar-refractivity contribution in [2.24, 2.45) is 0 Å². The molecular weight excluding hydrogens is 312 g/mol. The van der Waals surface area contributed by atoms with E-state index >= 15 is 0 Å². The maximum atomic E-state index is 11.8. The number of carbonyl (C=O) groups is 4. The van der Waals surface area contributed by atoms with Gasteiger partial charge in [-0.1, -0.05) is 24.3 Å². The molecule has 6 nitrogen and oxygen atoms in total. The third-order valence-electron chi connectivity index (χ3n) is 3.55. The Bertz CT molecular complexity index is 753. The van der Waals surface area contributed by atoms with Crippen molar-refractivity contribution in [3.05, 3.63) is 58.7 Å². The molecule has 0 spiro atoms. The van der Waals surface area contributed by atoms with Crippen molar-refractivity contribution in [2.45, 2.75) is 0 Å². The molecule has 0 unspecified atom stereocenters. The molecule has 0 N–H and O–H groups in total. The Labute approximate surface area is 138 Å². The summed E-state index contributed by atoms with van der Waals surface area (Å²) in [5, 5.41) is 0. The summed E-state index contributed by atoms with van der Waals surface area (Å²) in [6.45, 7) is 0. The quantitative estimate of drug-likeness (QED) is 0.620. The second-order valence-electron chi connectivity index (χ2n) is 4.75. The number of methoxy groups -OCH3 is 2. The molecule has 0 atom stereocenters. The summed E-state index contributed by atoms with van der Waals surface area (Å²) in [5.41, 5.74) is 1.00. The fourth-order valence-corrected chi connectivity index (χ4v) is 2.43. The average Bonchev–Trinajstić information content (AvgIpc) is 2.65. The number of rotatable bonds is 5. The summed E-state index contributed by atoms with van der Waals surface area (Å²) in [4.78, 5) is 46.7. The minimum Gasteiger partial charge on any atom is -0.465 e. The van der Waals surface area contributed by atoms with Gasteiger partial charge in [-0.05, 0) is 23.3 Å². The summed E-state index contributed by atoms with van der Waals surface area (Å²) in [5.74, 6) is -1.34. The van der Waals surface area contributed by atoms with E-state index in [0.29, 0.717) is 23.7 Å². The molecule has 0 aliphatic rings. The van der Waals surface area contributed by atoms with E-state index in [1.54, 1.807) is 24.3 Å². The van der Waals surface area contributed by atoms with Gasteiger partial charge in [0.1, 0.15) is 0 Å². The van der Waals surface area contributed by atoms with Crippen LogP contribution in [0.1, 0.15) is 41.4 Å². The molecule has 2 aromatic carbocycles. The Morgan fingerprint density at radius 2 is 1.12 bits per heavy atom. The van der Waals surface area contributed by atoms with Crippen molar-refractivity contribution >= 4 is 24.5 Å². The number of benzene rings is 2. The molecular formula is C18H14O6. The van der Waals surface area contributed by atoms with Gasteiger partial charge >= 0.3 is 11.9 Å². The van der Waals surface area contributed by atoms with Crippen molar-refractivity contribution in [3.63, 3.8) is 0 Å². The minimum atomic E-state index is -0.671. The lowest BCUT2D eigenvalue weighted by atomic mass is 9.91. The van der Waals surface area contributed by atoms with Crippen LogP contribution in [-0.2, 0) is 9.47 Å². The molecule has 122 valence electrons. The molecule has 0 aliphatic heterocycles. The Kier molecular flexibility index (Phi) is 5.21. The summed E-state index contributed by atoms with van der Waals surface area (Å²) in [6.07, 6.45) is 1.03. The lowest BCUT2D eigenvalue weighted by molar-refractivity contribution is 0.0590. The maximum Gasteiger partial charge on any atom is 0.338 e. The van der Waals surface area contributed by atoms with Gasteiger partial charge in [0.15, 0.2) is 12.6 Å². The molecule has 0 aromatic heterocycles. The highest BCUT2D eigenvalue weighted by atomic mass is 16.5. The lowest BCUT2D eigenvalue weighted by Crippen LogP contribution is -2.09. The van der Waals surface area contributed by atoms with Gasteiger partial charge in [-0.15, -0.1) is 0 Å². The van der Waals surface area contributed by atoms with Crippen LogP contribution in [0.5, 0.6) is 0 Å². The van der Waals surface area contributed by atoms with Crippen LogP contribution in [0.3, 0.4) is 0 Å². The minimum absolute atomic E-state index is 0.0744. The van der Waals surface area contributed by atoms with E-state index in [1.165, 1.54) is 26.4 Å². The molecule has 0 saturated heterocycles. The average molecular weight is 326 g/mol. The standard InChI is InChI=1S/C18H14O6/c1-23-17(21)13-7-3-5-11(15(13)9-19)12-6-4-8-14(16(12)10-20)18(22)24-2/h3-10H,1-2H3. The molecule has 0 amide bonds. The molecule has 6 heteroatoms. The SMILES string of the molecule is COC(=O)c1cccc(-c2cccc(C(=O)OC)c2C=O)c1C=O. The first kappa shape index (κ1) is 17.1. The molecule has 0 aliphatic carbocycles. The van der Waals surface area contributed by atoms with Gasteiger partial charge in [0, 0.05) is 11.1 Å². The Morgan fingerprint density at radius 3 is 1.42 bits per heavy atom. The van der Waals surface area contributed by atoms with Crippen LogP contribution in [0.25, 0.3) is 11.1 Å². The number of carbonyl (C=O) groups excluding carboxylic acids is 4. The predicted octanol–water partition coefficient (Wildman–Crippen LogP) is 2.55. The molecule has 0 fully saturated rings. The zero-order valence-electron chi connectivity index (χ0n) is 13.1. The molecule has 2 rings (SSSR count). The van der Waals surface area contributed by atoms with Gasteiger partial charge in [-0.3, -0.25) is 9.59 Å². The van der Waals surface area contributed by atoms with Gasteiger partial charge < -0.3 is 9.47 Å². The summed E-state index contributed by atoms with van der Waals surface area (Å²) in [6, 6.07) is 9.19. The van der Waals surface area contributed by atoms with Gasteiger partial charge in [0.05, 0.1) is 25.3 Å². The smallest absolute Gasteiger partial charge is 0.338 e. The largest absolute Gasteiger partial charge is 0.465 e. The number of hydrogen-bond donors (Lipinski definition) is 0. The van der Waals surface area contributed by atoms with Gasteiger partial charge in [-0.25, -0.2) is 9.59 Å². The first-order chi connectivity index (χ1) is 11.6. The Balaban J connectivity index is 2.78. The van der Waals surface area contributed by atoms with Crippen molar-refractivity contribution in [3.8, 4) is 11.1 Å². The van der Waals surface area contributed by atoms with E-state index in [0.717, 1.165) is 0 Å². The van der Waals surface area contributed by atoms with Crippen LogP contribution in [0, 0.1) is 0 Å². The van der Waals surface area contributed by atoms with Gasteiger partial charge in [0.25, 0.3) is 0 Å². The summed E-state index contributed by atoms with van der Waals surface area (Å²) in [7, 11) is 2.41. The van der Waals surface area contributed by atoms with E-state index in [-0.39, 0.29) is 22.3 Å². The molecule has 0 radical (unpaired) electrons. The van der Waals surface area contributed by atoms with E-state index in [2.05, 4.69) is 9.47 Å². The molecule has 0 heterocycles. The number of aldehydes is 2. The summed E-state index contributed by atoms with van der Waals surface area (Å²) < 4.78 is 9.33. The van der Waals surface area contributed by atoms with Crippen LogP contribution < -0.4 is 0 Å². The number of ether oxygens (including phenoxy) is 2. The fraction of sp³-hybridized carbons (Fsp3) is 0.111. The monoisotopic (exact) mass is 326 g/mol. The van der Waals surface area contributed by atoms with E-state index in [4.69, 9.17) is 0 Å². The van der Waals surface area contributed by atoms with E-state index in [1.807, 2.05) is 0 Å². The third-order valence-corrected chi connectivity index (χ3v) is 3.55. The van der Waals surface area contributed by atoms with Crippen LogP contribution in [0.2, 0.25) is 0 Å². The highest BCUT2D eigenvalue weighted by Gasteiger charge is 2.20. The summed E-state index contributed by atoms with van der Waals surface area (Å²) >= 11 is 0. The van der Waals surface area contributed by atoms with Gasteiger partial charge in [0.2, 0.25) is 0 Å². The molecule has 2 aromatic rings. The normalized spacial score (nSPS) is 9.92. The lowest BCUT2D eigenvalue weighted by Gasteiger charge is -2.13. The van der Waals surface area contributed by atoms with Gasteiger partial charge in [-0.2, -0.15) is 0 Å². The predicted molar refractivity (Wildman–Crippen MR) is 85.3 cm³/mol.